The van der Waals surface area contributed by atoms with Crippen LogP contribution in [0.2, 0.25) is 0 Å². The number of carbonyl (C=O) groups excluding carboxylic acids is 2. The summed E-state index contributed by atoms with van der Waals surface area (Å²) < 4.78 is 0. The standard InChI is InChI=1S/C15H28O2/c1-5-9-12(7-3)14(16)11-15(17)13(8-4)10-6-2/h12-13H,5-11H2,1-4H3. The molecule has 0 aromatic heterocycles. The molecule has 0 fully saturated rings. The third-order valence-electron chi connectivity index (χ3n) is 3.52. The summed E-state index contributed by atoms with van der Waals surface area (Å²) in [5.74, 6) is 0.522. The maximum absolute atomic E-state index is 12.0. The summed E-state index contributed by atoms with van der Waals surface area (Å²) in [4.78, 5) is 24.0. The summed E-state index contributed by atoms with van der Waals surface area (Å²) in [5, 5.41) is 0. The van der Waals surface area contributed by atoms with Crippen LogP contribution in [0.5, 0.6) is 0 Å². The molecule has 0 N–H and O–H groups in total. The highest BCUT2D eigenvalue weighted by Crippen LogP contribution is 2.18. The molecule has 0 rings (SSSR count). The van der Waals surface area contributed by atoms with Gasteiger partial charge >= 0.3 is 0 Å². The smallest absolute Gasteiger partial charge is 0.143 e. The maximum atomic E-state index is 12.0. The van der Waals surface area contributed by atoms with Crippen LogP contribution < -0.4 is 0 Å². The summed E-state index contributed by atoms with van der Waals surface area (Å²) >= 11 is 0. The zero-order valence-electron chi connectivity index (χ0n) is 11.9. The highest BCUT2D eigenvalue weighted by Gasteiger charge is 2.22. The van der Waals surface area contributed by atoms with Crippen molar-refractivity contribution in [3.63, 3.8) is 0 Å². The van der Waals surface area contributed by atoms with Crippen LogP contribution in [0.3, 0.4) is 0 Å². The van der Waals surface area contributed by atoms with Crippen molar-refractivity contribution < 1.29 is 9.59 Å². The average molecular weight is 240 g/mol. The monoisotopic (exact) mass is 240 g/mol. The molecule has 0 heterocycles. The van der Waals surface area contributed by atoms with Crippen LogP contribution in [0, 0.1) is 11.8 Å². The molecule has 0 aromatic carbocycles. The second-order valence-electron chi connectivity index (χ2n) is 4.90. The highest BCUT2D eigenvalue weighted by atomic mass is 16.1. The van der Waals surface area contributed by atoms with E-state index in [1.165, 1.54) is 0 Å². The molecule has 0 radical (unpaired) electrons. The fourth-order valence-electron chi connectivity index (χ4n) is 2.34. The van der Waals surface area contributed by atoms with Crippen molar-refractivity contribution in [2.24, 2.45) is 11.8 Å². The molecule has 2 unspecified atom stereocenters. The Morgan fingerprint density at radius 1 is 0.765 bits per heavy atom. The Morgan fingerprint density at radius 2 is 1.12 bits per heavy atom. The third-order valence-corrected chi connectivity index (χ3v) is 3.52. The minimum Gasteiger partial charge on any atom is -0.299 e. The number of rotatable bonds is 10. The van der Waals surface area contributed by atoms with E-state index in [0.717, 1.165) is 38.5 Å². The van der Waals surface area contributed by atoms with Crippen LogP contribution in [-0.4, -0.2) is 11.6 Å². The summed E-state index contributed by atoms with van der Waals surface area (Å²) in [6, 6.07) is 0. The van der Waals surface area contributed by atoms with E-state index >= 15 is 0 Å². The number of carbonyl (C=O) groups is 2. The Balaban J connectivity index is 4.29. The fraction of sp³-hybridized carbons (Fsp3) is 0.867. The Morgan fingerprint density at radius 3 is 1.35 bits per heavy atom. The van der Waals surface area contributed by atoms with Gasteiger partial charge in [-0.05, 0) is 25.7 Å². The molecule has 0 aliphatic rings. The van der Waals surface area contributed by atoms with Crippen LogP contribution in [-0.2, 0) is 9.59 Å². The van der Waals surface area contributed by atoms with E-state index in [1.54, 1.807) is 0 Å². The Bertz CT molecular complexity index is 209. The Kier molecular flexibility index (Phi) is 9.01. The van der Waals surface area contributed by atoms with Gasteiger partial charge in [-0.15, -0.1) is 0 Å². The van der Waals surface area contributed by atoms with Crippen molar-refractivity contribution in [3.8, 4) is 0 Å². The first-order valence-corrected chi connectivity index (χ1v) is 7.15. The molecule has 0 saturated carbocycles. The molecule has 0 bridgehead atoms. The lowest BCUT2D eigenvalue weighted by Gasteiger charge is -2.15. The van der Waals surface area contributed by atoms with Crippen LogP contribution in [0.1, 0.15) is 72.6 Å². The van der Waals surface area contributed by atoms with Crippen molar-refractivity contribution in [1.29, 1.82) is 0 Å². The second kappa shape index (κ2) is 9.38. The lowest BCUT2D eigenvalue weighted by atomic mass is 9.87. The molecule has 0 aromatic rings. The third kappa shape index (κ3) is 5.99. The minimum atomic E-state index is 0.100. The zero-order chi connectivity index (χ0) is 13.3. The van der Waals surface area contributed by atoms with Crippen molar-refractivity contribution >= 4 is 11.6 Å². The largest absolute Gasteiger partial charge is 0.299 e. The van der Waals surface area contributed by atoms with Crippen LogP contribution in [0.15, 0.2) is 0 Å². The van der Waals surface area contributed by atoms with Crippen LogP contribution in [0.4, 0.5) is 0 Å². The van der Waals surface area contributed by atoms with Gasteiger partial charge in [-0.3, -0.25) is 9.59 Å². The van der Waals surface area contributed by atoms with Gasteiger partial charge in [0, 0.05) is 11.8 Å². The van der Waals surface area contributed by atoms with E-state index in [0.29, 0.717) is 0 Å². The van der Waals surface area contributed by atoms with E-state index in [-0.39, 0.29) is 29.8 Å². The normalized spacial score (nSPS) is 14.4. The first kappa shape index (κ1) is 16.3. The molecule has 0 amide bonds. The maximum Gasteiger partial charge on any atom is 0.143 e. The zero-order valence-corrected chi connectivity index (χ0v) is 11.9. The van der Waals surface area contributed by atoms with Gasteiger partial charge in [-0.2, -0.15) is 0 Å². The first-order valence-electron chi connectivity index (χ1n) is 7.15. The summed E-state index contributed by atoms with van der Waals surface area (Å²) in [6.07, 6.45) is 5.78. The van der Waals surface area contributed by atoms with Crippen molar-refractivity contribution in [3.05, 3.63) is 0 Å². The topological polar surface area (TPSA) is 34.1 Å². The predicted octanol–water partition coefficient (Wildman–Crippen LogP) is 4.17. The van der Waals surface area contributed by atoms with Gasteiger partial charge in [0.1, 0.15) is 11.6 Å². The second-order valence-corrected chi connectivity index (χ2v) is 4.90. The van der Waals surface area contributed by atoms with Crippen LogP contribution >= 0.6 is 0 Å². The highest BCUT2D eigenvalue weighted by molar-refractivity contribution is 6.01. The number of Topliss-reactive ketones (excluding diaryl/α,β-unsaturated/α-hetero) is 2. The van der Waals surface area contributed by atoms with Crippen molar-refractivity contribution in [1.82, 2.24) is 0 Å². The van der Waals surface area contributed by atoms with Crippen molar-refractivity contribution in [2.45, 2.75) is 72.6 Å². The molecular weight excluding hydrogens is 212 g/mol. The molecule has 100 valence electrons. The van der Waals surface area contributed by atoms with E-state index in [2.05, 4.69) is 13.8 Å². The summed E-state index contributed by atoms with van der Waals surface area (Å²) in [6.45, 7) is 8.24. The van der Waals surface area contributed by atoms with E-state index in [9.17, 15) is 9.59 Å². The Hall–Kier alpha value is -0.660. The minimum absolute atomic E-state index is 0.100. The molecule has 0 saturated heterocycles. The molecule has 0 spiro atoms. The molecule has 2 atom stereocenters. The molecule has 0 aliphatic carbocycles. The molecule has 17 heavy (non-hydrogen) atoms. The van der Waals surface area contributed by atoms with Gasteiger partial charge in [0.2, 0.25) is 0 Å². The predicted molar refractivity (Wildman–Crippen MR) is 72.0 cm³/mol. The van der Waals surface area contributed by atoms with Gasteiger partial charge in [0.25, 0.3) is 0 Å². The summed E-state index contributed by atoms with van der Waals surface area (Å²) in [5.41, 5.74) is 0. The van der Waals surface area contributed by atoms with Gasteiger partial charge in [0.05, 0.1) is 6.42 Å². The Labute approximate surface area is 106 Å². The fourth-order valence-corrected chi connectivity index (χ4v) is 2.34. The molecule has 0 aliphatic heterocycles. The summed E-state index contributed by atoms with van der Waals surface area (Å²) in [7, 11) is 0. The van der Waals surface area contributed by atoms with E-state index in [4.69, 9.17) is 0 Å². The number of ketones is 2. The first-order chi connectivity index (χ1) is 8.10. The van der Waals surface area contributed by atoms with Crippen molar-refractivity contribution in [2.75, 3.05) is 0 Å². The van der Waals surface area contributed by atoms with E-state index in [1.807, 2.05) is 13.8 Å². The number of hydrogen-bond acceptors (Lipinski definition) is 2. The van der Waals surface area contributed by atoms with Crippen LogP contribution in [0.25, 0.3) is 0 Å². The lowest BCUT2D eigenvalue weighted by molar-refractivity contribution is -0.131. The lowest BCUT2D eigenvalue weighted by Crippen LogP contribution is -2.22. The molecule has 2 heteroatoms. The SMILES string of the molecule is CCCC(CC)C(=O)CC(=O)C(CC)CCC. The molecule has 2 nitrogen and oxygen atoms in total. The number of hydrogen-bond donors (Lipinski definition) is 0. The van der Waals surface area contributed by atoms with Gasteiger partial charge in [0.15, 0.2) is 0 Å². The van der Waals surface area contributed by atoms with Gasteiger partial charge in [-0.1, -0.05) is 40.5 Å². The van der Waals surface area contributed by atoms with E-state index < -0.39 is 0 Å². The quantitative estimate of drug-likeness (QED) is 0.537. The van der Waals surface area contributed by atoms with Gasteiger partial charge < -0.3 is 0 Å². The molecular formula is C15H28O2. The average Bonchev–Trinajstić information content (AvgIpc) is 2.32. The van der Waals surface area contributed by atoms with Gasteiger partial charge in [-0.25, -0.2) is 0 Å².